The fraction of sp³-hybridized carbons (Fsp3) is 0.353. The molecule has 0 spiro atoms. The van der Waals surface area contributed by atoms with E-state index >= 15 is 0 Å². The second kappa shape index (κ2) is 8.24. The highest BCUT2D eigenvalue weighted by atomic mass is 19.1. The number of carbonyl (C=O) groups excluding carboxylic acids is 2. The van der Waals surface area contributed by atoms with Crippen LogP contribution in [-0.4, -0.2) is 46.6 Å². The van der Waals surface area contributed by atoms with Gasteiger partial charge in [-0.3, -0.25) is 14.3 Å². The number of nitrogens with one attached hydrogen (secondary N) is 1. The molecule has 1 aromatic heterocycles. The monoisotopic (exact) mass is 332 g/mol. The summed E-state index contributed by atoms with van der Waals surface area (Å²) in [5.74, 6) is -0.706. The number of carbonyl (C=O) groups is 2. The zero-order valence-electron chi connectivity index (χ0n) is 13.8. The van der Waals surface area contributed by atoms with Gasteiger partial charge in [-0.25, -0.2) is 4.39 Å². The van der Waals surface area contributed by atoms with E-state index in [-0.39, 0.29) is 24.2 Å². The second-order valence-electron chi connectivity index (χ2n) is 5.58. The number of hydrogen-bond acceptors (Lipinski definition) is 3. The van der Waals surface area contributed by atoms with Crippen LogP contribution >= 0.6 is 0 Å². The predicted octanol–water partition coefficient (Wildman–Crippen LogP) is 1.40. The predicted molar refractivity (Wildman–Crippen MR) is 87.7 cm³/mol. The third-order valence-electron chi connectivity index (χ3n) is 3.69. The molecular weight excluding hydrogens is 311 g/mol. The largest absolute Gasteiger partial charge is 0.354 e. The van der Waals surface area contributed by atoms with Gasteiger partial charge in [-0.15, -0.1) is 0 Å². The van der Waals surface area contributed by atoms with Crippen LogP contribution in [0.5, 0.6) is 0 Å². The Kier molecular flexibility index (Phi) is 6.06. The van der Waals surface area contributed by atoms with Crippen LogP contribution in [0.25, 0.3) is 0 Å². The van der Waals surface area contributed by atoms with Gasteiger partial charge in [0.2, 0.25) is 11.8 Å². The summed E-state index contributed by atoms with van der Waals surface area (Å²) in [5.41, 5.74) is 0.938. The molecule has 0 aliphatic carbocycles. The molecule has 2 amide bonds. The Balaban J connectivity index is 1.75. The number of halogens is 1. The first-order valence-electron chi connectivity index (χ1n) is 7.72. The van der Waals surface area contributed by atoms with Crippen molar-refractivity contribution in [2.45, 2.75) is 19.4 Å². The van der Waals surface area contributed by atoms with E-state index in [9.17, 15) is 14.0 Å². The lowest BCUT2D eigenvalue weighted by Crippen LogP contribution is -2.41. The molecule has 0 radical (unpaired) electrons. The highest BCUT2D eigenvalue weighted by Crippen LogP contribution is 2.07. The summed E-state index contributed by atoms with van der Waals surface area (Å²) in [7, 11) is 1.59. The smallest absolute Gasteiger partial charge is 0.247 e. The molecule has 2 rings (SSSR count). The maximum absolute atomic E-state index is 12.8. The molecule has 0 fully saturated rings. The van der Waals surface area contributed by atoms with Gasteiger partial charge in [0.15, 0.2) is 0 Å². The summed E-state index contributed by atoms with van der Waals surface area (Å²) < 4.78 is 14.4. The molecular formula is C17H21FN4O2. The van der Waals surface area contributed by atoms with E-state index in [1.165, 1.54) is 17.0 Å². The lowest BCUT2D eigenvalue weighted by molar-refractivity contribution is -0.137. The Morgan fingerprint density at radius 1 is 1.33 bits per heavy atom. The van der Waals surface area contributed by atoms with Crippen LogP contribution in [0, 0.1) is 5.82 Å². The van der Waals surface area contributed by atoms with Gasteiger partial charge in [0.1, 0.15) is 11.9 Å². The number of amides is 2. The Morgan fingerprint density at radius 2 is 2.04 bits per heavy atom. The average molecular weight is 332 g/mol. The Bertz CT molecular complexity index is 670. The molecule has 0 aliphatic heterocycles. The summed E-state index contributed by atoms with van der Waals surface area (Å²) >= 11 is 0. The lowest BCUT2D eigenvalue weighted by Gasteiger charge is -2.21. The standard InChI is InChI=1S/C17H21FN4O2/c1-13(22-11-3-9-20-22)17(24)21(2)12-16(23)19-10-8-14-4-6-15(18)7-5-14/h3-7,9,11,13H,8,10,12H2,1-2H3,(H,19,23). The van der Waals surface area contributed by atoms with Crippen molar-refractivity contribution in [3.05, 3.63) is 54.1 Å². The van der Waals surface area contributed by atoms with Gasteiger partial charge in [-0.2, -0.15) is 5.10 Å². The lowest BCUT2D eigenvalue weighted by atomic mass is 10.1. The molecule has 0 saturated carbocycles. The van der Waals surface area contributed by atoms with E-state index < -0.39 is 6.04 Å². The second-order valence-corrected chi connectivity index (χ2v) is 5.58. The van der Waals surface area contributed by atoms with Crippen molar-refractivity contribution in [3.63, 3.8) is 0 Å². The molecule has 0 bridgehead atoms. The molecule has 2 aromatic rings. The molecule has 6 nitrogen and oxygen atoms in total. The number of aromatic nitrogens is 2. The van der Waals surface area contributed by atoms with Gasteiger partial charge >= 0.3 is 0 Å². The summed E-state index contributed by atoms with van der Waals surface area (Å²) in [6, 6.07) is 7.43. The number of nitrogens with zero attached hydrogens (tertiary/aromatic N) is 3. The first-order chi connectivity index (χ1) is 11.5. The van der Waals surface area contributed by atoms with E-state index in [0.29, 0.717) is 13.0 Å². The van der Waals surface area contributed by atoms with Crippen LogP contribution in [-0.2, 0) is 16.0 Å². The molecule has 1 N–H and O–H groups in total. The molecule has 128 valence electrons. The quantitative estimate of drug-likeness (QED) is 0.833. The van der Waals surface area contributed by atoms with Crippen molar-refractivity contribution < 1.29 is 14.0 Å². The van der Waals surface area contributed by atoms with Gasteiger partial charge in [0, 0.05) is 26.0 Å². The normalized spacial score (nSPS) is 11.8. The molecule has 24 heavy (non-hydrogen) atoms. The van der Waals surface area contributed by atoms with Crippen molar-refractivity contribution in [1.82, 2.24) is 20.0 Å². The van der Waals surface area contributed by atoms with Gasteiger partial charge in [0.05, 0.1) is 6.54 Å². The Morgan fingerprint density at radius 3 is 2.67 bits per heavy atom. The fourth-order valence-corrected chi connectivity index (χ4v) is 2.29. The molecule has 0 saturated heterocycles. The van der Waals surface area contributed by atoms with Crippen LogP contribution in [0.1, 0.15) is 18.5 Å². The minimum atomic E-state index is -0.461. The van der Waals surface area contributed by atoms with Crippen molar-refractivity contribution in [2.75, 3.05) is 20.1 Å². The van der Waals surface area contributed by atoms with Gasteiger partial charge < -0.3 is 10.2 Å². The molecule has 1 unspecified atom stereocenters. The Labute approximate surface area is 140 Å². The Hall–Kier alpha value is -2.70. The van der Waals surface area contributed by atoms with Crippen LogP contribution < -0.4 is 5.32 Å². The van der Waals surface area contributed by atoms with E-state index in [1.807, 2.05) is 0 Å². The van der Waals surface area contributed by atoms with Gasteiger partial charge in [-0.1, -0.05) is 12.1 Å². The summed E-state index contributed by atoms with van der Waals surface area (Å²) in [6.07, 6.45) is 3.92. The van der Waals surface area contributed by atoms with Crippen molar-refractivity contribution in [1.29, 1.82) is 0 Å². The van der Waals surface area contributed by atoms with Gasteiger partial charge in [-0.05, 0) is 37.1 Å². The van der Waals surface area contributed by atoms with Crippen molar-refractivity contribution in [3.8, 4) is 0 Å². The van der Waals surface area contributed by atoms with Crippen LogP contribution in [0.15, 0.2) is 42.7 Å². The number of hydrogen-bond donors (Lipinski definition) is 1. The maximum Gasteiger partial charge on any atom is 0.247 e. The molecule has 1 heterocycles. The van der Waals surface area contributed by atoms with E-state index in [1.54, 1.807) is 49.2 Å². The highest BCUT2D eigenvalue weighted by molar-refractivity contribution is 5.86. The average Bonchev–Trinajstić information content (AvgIpc) is 3.09. The molecule has 1 atom stereocenters. The van der Waals surface area contributed by atoms with Crippen molar-refractivity contribution in [2.24, 2.45) is 0 Å². The van der Waals surface area contributed by atoms with E-state index in [4.69, 9.17) is 0 Å². The zero-order valence-corrected chi connectivity index (χ0v) is 13.8. The summed E-state index contributed by atoms with van der Waals surface area (Å²) in [5, 5.41) is 6.79. The summed E-state index contributed by atoms with van der Waals surface area (Å²) in [6.45, 7) is 2.15. The van der Waals surface area contributed by atoms with Gasteiger partial charge in [0.25, 0.3) is 0 Å². The van der Waals surface area contributed by atoms with Crippen LogP contribution in [0.4, 0.5) is 4.39 Å². The van der Waals surface area contributed by atoms with Crippen LogP contribution in [0.2, 0.25) is 0 Å². The number of likely N-dealkylation sites (N-methyl/N-ethyl adjacent to an activating group) is 1. The first-order valence-corrected chi connectivity index (χ1v) is 7.72. The van der Waals surface area contributed by atoms with Crippen molar-refractivity contribution >= 4 is 11.8 Å². The SMILES string of the molecule is CC(C(=O)N(C)CC(=O)NCCc1ccc(F)cc1)n1cccn1. The molecule has 7 heteroatoms. The van der Waals surface area contributed by atoms with E-state index in [2.05, 4.69) is 10.4 Å². The third kappa shape index (κ3) is 4.91. The third-order valence-corrected chi connectivity index (χ3v) is 3.69. The first kappa shape index (κ1) is 17.7. The highest BCUT2D eigenvalue weighted by Gasteiger charge is 2.20. The van der Waals surface area contributed by atoms with E-state index in [0.717, 1.165) is 5.56 Å². The fourth-order valence-electron chi connectivity index (χ4n) is 2.29. The number of benzene rings is 1. The minimum Gasteiger partial charge on any atom is -0.354 e. The molecule has 0 aliphatic rings. The summed E-state index contributed by atoms with van der Waals surface area (Å²) in [4.78, 5) is 25.6. The maximum atomic E-state index is 12.8. The minimum absolute atomic E-state index is 0.0200. The number of rotatable bonds is 7. The topological polar surface area (TPSA) is 67.2 Å². The molecule has 1 aromatic carbocycles. The van der Waals surface area contributed by atoms with Crippen LogP contribution in [0.3, 0.4) is 0 Å². The zero-order chi connectivity index (χ0) is 17.5.